The number of nitrogens with zero attached hydrogens (tertiary/aromatic N) is 3. The Balaban J connectivity index is 1.43. The zero-order chi connectivity index (χ0) is 19.5. The Morgan fingerprint density at radius 3 is 2.93 bits per heavy atom. The molecule has 6 heteroatoms. The maximum absolute atomic E-state index is 13.0. The molecular formula is C22H31N3O2S. The predicted molar refractivity (Wildman–Crippen MR) is 114 cm³/mol. The molecule has 0 N–H and O–H groups in total. The summed E-state index contributed by atoms with van der Waals surface area (Å²) in [5.74, 6) is 0.943. The minimum atomic E-state index is 0.0380. The molecule has 1 aliphatic heterocycles. The van der Waals surface area contributed by atoms with Crippen LogP contribution in [-0.4, -0.2) is 33.4 Å². The van der Waals surface area contributed by atoms with Gasteiger partial charge in [0.25, 0.3) is 5.56 Å². The fourth-order valence-corrected chi connectivity index (χ4v) is 6.05. The minimum absolute atomic E-state index is 0.0380. The van der Waals surface area contributed by atoms with Crippen LogP contribution in [0.2, 0.25) is 0 Å². The van der Waals surface area contributed by atoms with Crippen LogP contribution in [0.1, 0.15) is 68.7 Å². The third-order valence-corrected chi connectivity index (χ3v) is 7.61. The number of fused-ring (bicyclic) bond motifs is 3. The van der Waals surface area contributed by atoms with Gasteiger partial charge in [0.05, 0.1) is 11.7 Å². The van der Waals surface area contributed by atoms with E-state index in [1.165, 1.54) is 36.1 Å². The molecule has 1 aliphatic carbocycles. The molecule has 0 spiro atoms. The van der Waals surface area contributed by atoms with Gasteiger partial charge in [0.2, 0.25) is 5.91 Å². The SMILES string of the molecule is CCC[C@@H]1CCCN(C(=O)CCn2cnc3sc4c(c3c2=O)CCCC4)CC1. The van der Waals surface area contributed by atoms with Gasteiger partial charge in [-0.3, -0.25) is 14.2 Å². The molecule has 0 bridgehead atoms. The number of carbonyl (C=O) groups is 1. The van der Waals surface area contributed by atoms with E-state index in [0.29, 0.717) is 13.0 Å². The van der Waals surface area contributed by atoms with E-state index < -0.39 is 0 Å². The Hall–Kier alpha value is -1.69. The van der Waals surface area contributed by atoms with Crippen molar-refractivity contribution in [2.75, 3.05) is 13.1 Å². The van der Waals surface area contributed by atoms with Gasteiger partial charge in [-0.1, -0.05) is 19.8 Å². The van der Waals surface area contributed by atoms with Crippen molar-refractivity contribution in [2.45, 2.75) is 77.7 Å². The first-order chi connectivity index (χ1) is 13.7. The molecule has 2 aromatic rings. The number of thiophene rings is 1. The highest BCUT2D eigenvalue weighted by Crippen LogP contribution is 2.33. The highest BCUT2D eigenvalue weighted by Gasteiger charge is 2.22. The Morgan fingerprint density at radius 2 is 2.07 bits per heavy atom. The van der Waals surface area contributed by atoms with Gasteiger partial charge >= 0.3 is 0 Å². The molecule has 5 nitrogen and oxygen atoms in total. The van der Waals surface area contributed by atoms with E-state index in [1.807, 2.05) is 4.90 Å². The molecule has 4 rings (SSSR count). The second-order valence-electron chi connectivity index (χ2n) is 8.35. The molecule has 1 amide bonds. The largest absolute Gasteiger partial charge is 0.343 e. The zero-order valence-corrected chi connectivity index (χ0v) is 17.7. The number of likely N-dealkylation sites (tertiary alicyclic amines) is 1. The summed E-state index contributed by atoms with van der Waals surface area (Å²) in [5, 5.41) is 0.812. The van der Waals surface area contributed by atoms with Crippen LogP contribution in [0.15, 0.2) is 11.1 Å². The zero-order valence-electron chi connectivity index (χ0n) is 16.9. The maximum atomic E-state index is 13.0. The van der Waals surface area contributed by atoms with Gasteiger partial charge in [-0.15, -0.1) is 11.3 Å². The van der Waals surface area contributed by atoms with Crippen LogP contribution in [-0.2, 0) is 24.2 Å². The molecule has 0 radical (unpaired) electrons. The first-order valence-electron chi connectivity index (χ1n) is 10.9. The lowest BCUT2D eigenvalue weighted by Gasteiger charge is -2.21. The third kappa shape index (κ3) is 4.02. The fraction of sp³-hybridized carbons (Fsp3) is 0.682. The molecule has 3 heterocycles. The summed E-state index contributed by atoms with van der Waals surface area (Å²) in [4.78, 5) is 34.5. The fourth-order valence-electron chi connectivity index (χ4n) is 4.83. The van der Waals surface area contributed by atoms with E-state index in [-0.39, 0.29) is 11.5 Å². The number of amides is 1. The van der Waals surface area contributed by atoms with E-state index >= 15 is 0 Å². The molecule has 0 saturated carbocycles. The van der Waals surface area contributed by atoms with Crippen molar-refractivity contribution < 1.29 is 4.79 Å². The Kier molecular flexibility index (Phi) is 6.14. The van der Waals surface area contributed by atoms with Crippen LogP contribution < -0.4 is 5.56 Å². The van der Waals surface area contributed by atoms with E-state index in [4.69, 9.17) is 0 Å². The monoisotopic (exact) mass is 401 g/mol. The smallest absolute Gasteiger partial charge is 0.262 e. The maximum Gasteiger partial charge on any atom is 0.262 e. The summed E-state index contributed by atoms with van der Waals surface area (Å²) in [6, 6.07) is 0. The molecule has 0 aromatic carbocycles. The summed E-state index contributed by atoms with van der Waals surface area (Å²) >= 11 is 1.68. The van der Waals surface area contributed by atoms with Gasteiger partial charge in [-0.05, 0) is 56.4 Å². The van der Waals surface area contributed by atoms with Crippen molar-refractivity contribution in [3.8, 4) is 0 Å². The number of rotatable bonds is 5. The van der Waals surface area contributed by atoms with Crippen LogP contribution in [0.5, 0.6) is 0 Å². The predicted octanol–water partition coefficient (Wildman–Crippen LogP) is 4.16. The number of carbonyl (C=O) groups excluding carboxylic acids is 1. The van der Waals surface area contributed by atoms with E-state index in [1.54, 1.807) is 22.2 Å². The van der Waals surface area contributed by atoms with Gasteiger partial charge < -0.3 is 4.90 Å². The van der Waals surface area contributed by atoms with E-state index in [2.05, 4.69) is 11.9 Å². The summed E-state index contributed by atoms with van der Waals surface area (Å²) in [5.41, 5.74) is 1.26. The van der Waals surface area contributed by atoms with Crippen LogP contribution >= 0.6 is 11.3 Å². The first kappa shape index (κ1) is 19.6. The molecule has 152 valence electrons. The van der Waals surface area contributed by atoms with Crippen LogP contribution in [0, 0.1) is 5.92 Å². The van der Waals surface area contributed by atoms with Crippen molar-refractivity contribution in [2.24, 2.45) is 5.92 Å². The van der Waals surface area contributed by atoms with Crippen molar-refractivity contribution in [1.29, 1.82) is 0 Å². The molecule has 1 atom stereocenters. The number of hydrogen-bond acceptors (Lipinski definition) is 4. The van der Waals surface area contributed by atoms with Crippen LogP contribution in [0.4, 0.5) is 0 Å². The van der Waals surface area contributed by atoms with E-state index in [0.717, 1.165) is 61.3 Å². The minimum Gasteiger partial charge on any atom is -0.343 e. The first-order valence-corrected chi connectivity index (χ1v) is 11.8. The van der Waals surface area contributed by atoms with Crippen molar-refractivity contribution in [3.05, 3.63) is 27.1 Å². The van der Waals surface area contributed by atoms with Gasteiger partial charge in [0, 0.05) is 30.9 Å². The molecule has 28 heavy (non-hydrogen) atoms. The summed E-state index contributed by atoms with van der Waals surface area (Å²) in [6.45, 7) is 4.40. The standard InChI is InChI=1S/C22H31N3O2S/c1-2-6-16-7-5-12-24(13-10-16)19(26)11-14-25-15-23-21-20(22(25)27)17-8-3-4-9-18(17)28-21/h15-16H,2-14H2,1H3/t16-/m1/s1. The lowest BCUT2D eigenvalue weighted by molar-refractivity contribution is -0.131. The second-order valence-corrected chi connectivity index (χ2v) is 9.43. The summed E-state index contributed by atoms with van der Waals surface area (Å²) in [6.07, 6.45) is 12.4. The van der Waals surface area contributed by atoms with Gasteiger partial charge in [-0.2, -0.15) is 0 Å². The van der Waals surface area contributed by atoms with Crippen LogP contribution in [0.3, 0.4) is 0 Å². The highest BCUT2D eigenvalue weighted by atomic mass is 32.1. The van der Waals surface area contributed by atoms with Crippen LogP contribution in [0.25, 0.3) is 10.2 Å². The van der Waals surface area contributed by atoms with E-state index in [9.17, 15) is 9.59 Å². The third-order valence-electron chi connectivity index (χ3n) is 6.41. The molecule has 2 aliphatic rings. The molecule has 1 fully saturated rings. The second kappa shape index (κ2) is 8.76. The average Bonchev–Trinajstić information content (AvgIpc) is 2.92. The number of aromatic nitrogens is 2. The van der Waals surface area contributed by atoms with Crippen molar-refractivity contribution in [1.82, 2.24) is 14.5 Å². The van der Waals surface area contributed by atoms with Gasteiger partial charge in [0.15, 0.2) is 0 Å². The lowest BCUT2D eigenvalue weighted by Crippen LogP contribution is -2.33. The van der Waals surface area contributed by atoms with Crippen molar-refractivity contribution >= 4 is 27.5 Å². The topological polar surface area (TPSA) is 55.2 Å². The van der Waals surface area contributed by atoms with Gasteiger partial charge in [0.1, 0.15) is 4.83 Å². The Labute approximate surface area is 170 Å². The summed E-state index contributed by atoms with van der Waals surface area (Å²) < 4.78 is 1.65. The Bertz CT molecular complexity index is 901. The van der Waals surface area contributed by atoms with Crippen molar-refractivity contribution in [3.63, 3.8) is 0 Å². The average molecular weight is 402 g/mol. The molecule has 1 saturated heterocycles. The highest BCUT2D eigenvalue weighted by molar-refractivity contribution is 7.18. The molecule has 0 unspecified atom stereocenters. The van der Waals surface area contributed by atoms with Gasteiger partial charge in [-0.25, -0.2) is 4.98 Å². The lowest BCUT2D eigenvalue weighted by atomic mass is 9.96. The quantitative estimate of drug-likeness (QED) is 0.756. The number of aryl methyl sites for hydroxylation is 3. The Morgan fingerprint density at radius 1 is 1.21 bits per heavy atom. The normalized spacial score (nSPS) is 20.2. The number of hydrogen-bond donors (Lipinski definition) is 0. The molecular weight excluding hydrogens is 370 g/mol. The summed E-state index contributed by atoms with van der Waals surface area (Å²) in [7, 11) is 0. The molecule has 2 aromatic heterocycles.